The summed E-state index contributed by atoms with van der Waals surface area (Å²) in [7, 11) is 2.97. The van der Waals surface area contributed by atoms with E-state index in [1.165, 1.54) is 12.0 Å². The Hall–Kier alpha value is -4.00. The topological polar surface area (TPSA) is 77.1 Å². The largest absolute Gasteiger partial charge is 0.493 e. The van der Waals surface area contributed by atoms with E-state index in [1.54, 1.807) is 49.5 Å². The van der Waals surface area contributed by atoms with E-state index in [0.717, 1.165) is 5.75 Å². The van der Waals surface area contributed by atoms with Crippen LogP contribution >= 0.6 is 0 Å². The minimum atomic E-state index is -0.503. The summed E-state index contributed by atoms with van der Waals surface area (Å²) in [6.45, 7) is 2.18. The molecule has 3 aromatic rings. The number of urea groups is 1. The minimum Gasteiger partial charge on any atom is -0.493 e. The monoisotopic (exact) mass is 420 g/mol. The fourth-order valence-corrected chi connectivity index (χ4v) is 2.84. The summed E-state index contributed by atoms with van der Waals surface area (Å²) in [5.74, 6) is 1.25. The van der Waals surface area contributed by atoms with Crippen LogP contribution in [0.5, 0.6) is 17.2 Å². The van der Waals surface area contributed by atoms with Gasteiger partial charge in [0.05, 0.1) is 13.7 Å². The number of nitrogens with zero attached hydrogens (tertiary/aromatic N) is 1. The zero-order valence-corrected chi connectivity index (χ0v) is 17.6. The molecule has 3 rings (SSSR count). The average molecular weight is 420 g/mol. The molecule has 0 saturated heterocycles. The molecule has 1 N–H and O–H groups in total. The van der Waals surface area contributed by atoms with Crippen molar-refractivity contribution in [3.8, 4) is 17.2 Å². The van der Waals surface area contributed by atoms with Crippen LogP contribution in [0.25, 0.3) is 0 Å². The molecular formula is C24H24N2O5. The highest BCUT2D eigenvalue weighted by atomic mass is 16.5. The number of nitrogens with one attached hydrogen (secondary N) is 1. The van der Waals surface area contributed by atoms with Gasteiger partial charge in [0.15, 0.2) is 0 Å². The number of hydrogen-bond donors (Lipinski definition) is 1. The molecule has 0 heterocycles. The van der Waals surface area contributed by atoms with Crippen molar-refractivity contribution in [1.29, 1.82) is 0 Å². The number of para-hydroxylation sites is 1. The van der Waals surface area contributed by atoms with E-state index in [1.807, 2.05) is 37.3 Å². The smallest absolute Gasteiger partial charge is 0.341 e. The lowest BCUT2D eigenvalue weighted by Crippen LogP contribution is -2.31. The average Bonchev–Trinajstić information content (AvgIpc) is 2.79. The molecule has 0 atom stereocenters. The number of ether oxygens (including phenoxy) is 3. The van der Waals surface area contributed by atoms with Crippen molar-refractivity contribution in [2.75, 3.05) is 31.0 Å². The summed E-state index contributed by atoms with van der Waals surface area (Å²) in [4.78, 5) is 26.0. The number of carbonyl (C=O) groups is 2. The van der Waals surface area contributed by atoms with Crippen LogP contribution in [0.2, 0.25) is 0 Å². The highest BCUT2D eigenvalue weighted by molar-refractivity contribution is 6.02. The van der Waals surface area contributed by atoms with Crippen LogP contribution in [-0.2, 0) is 4.74 Å². The SMILES string of the molecule is CCOc1cc(NC(=O)N(C)c2ccc(Oc3ccccc3)cc2)ccc1C(=O)OC. The normalized spacial score (nSPS) is 10.2. The molecule has 2 amide bonds. The van der Waals surface area contributed by atoms with E-state index >= 15 is 0 Å². The zero-order chi connectivity index (χ0) is 22.2. The highest BCUT2D eigenvalue weighted by Crippen LogP contribution is 2.26. The van der Waals surface area contributed by atoms with E-state index in [0.29, 0.717) is 35.0 Å². The Labute approximate surface area is 181 Å². The van der Waals surface area contributed by atoms with Crippen LogP contribution in [-0.4, -0.2) is 32.8 Å². The molecule has 0 fully saturated rings. The molecule has 7 nitrogen and oxygen atoms in total. The van der Waals surface area contributed by atoms with E-state index < -0.39 is 5.97 Å². The van der Waals surface area contributed by atoms with Gasteiger partial charge in [-0.1, -0.05) is 18.2 Å². The van der Waals surface area contributed by atoms with Crippen LogP contribution in [0.3, 0.4) is 0 Å². The van der Waals surface area contributed by atoms with E-state index in [4.69, 9.17) is 14.2 Å². The van der Waals surface area contributed by atoms with Gasteiger partial charge < -0.3 is 19.5 Å². The zero-order valence-electron chi connectivity index (χ0n) is 17.6. The van der Waals surface area contributed by atoms with Crippen LogP contribution in [0.1, 0.15) is 17.3 Å². The van der Waals surface area contributed by atoms with Gasteiger partial charge in [-0.15, -0.1) is 0 Å². The summed E-state index contributed by atoms with van der Waals surface area (Å²) in [5.41, 5.74) is 1.48. The third-order valence-electron chi connectivity index (χ3n) is 4.45. The summed E-state index contributed by atoms with van der Waals surface area (Å²) < 4.78 is 16.0. The Bertz CT molecular complexity index is 1040. The summed E-state index contributed by atoms with van der Waals surface area (Å²) in [5, 5.41) is 2.80. The number of benzene rings is 3. The van der Waals surface area contributed by atoms with E-state index in [9.17, 15) is 9.59 Å². The number of amides is 2. The van der Waals surface area contributed by atoms with Gasteiger partial charge in [-0.3, -0.25) is 4.90 Å². The number of rotatable bonds is 7. The summed E-state index contributed by atoms with van der Waals surface area (Å²) in [6, 6.07) is 21.1. The molecule has 0 aliphatic heterocycles. The molecule has 0 saturated carbocycles. The molecule has 31 heavy (non-hydrogen) atoms. The van der Waals surface area contributed by atoms with Gasteiger partial charge in [0.2, 0.25) is 0 Å². The lowest BCUT2D eigenvalue weighted by molar-refractivity contribution is 0.0596. The molecule has 0 aliphatic carbocycles. The van der Waals surface area contributed by atoms with Crippen molar-refractivity contribution >= 4 is 23.4 Å². The Morgan fingerprint density at radius 3 is 2.26 bits per heavy atom. The summed E-state index contributed by atoms with van der Waals surface area (Å²) >= 11 is 0. The van der Waals surface area contributed by atoms with Gasteiger partial charge in [-0.25, -0.2) is 9.59 Å². The summed E-state index contributed by atoms with van der Waals surface area (Å²) in [6.07, 6.45) is 0. The number of methoxy groups -OCH3 is 1. The first-order valence-electron chi connectivity index (χ1n) is 9.74. The van der Waals surface area contributed by atoms with Crippen molar-refractivity contribution in [2.45, 2.75) is 6.92 Å². The van der Waals surface area contributed by atoms with Gasteiger partial charge in [0.1, 0.15) is 22.8 Å². The molecule has 0 unspecified atom stereocenters. The van der Waals surface area contributed by atoms with E-state index in [2.05, 4.69) is 5.32 Å². The van der Waals surface area contributed by atoms with Gasteiger partial charge in [0.25, 0.3) is 0 Å². The van der Waals surface area contributed by atoms with E-state index in [-0.39, 0.29) is 6.03 Å². The van der Waals surface area contributed by atoms with Crippen LogP contribution in [0.15, 0.2) is 72.8 Å². The van der Waals surface area contributed by atoms with Crippen LogP contribution < -0.4 is 19.7 Å². The maximum atomic E-state index is 12.7. The Balaban J connectivity index is 1.68. The highest BCUT2D eigenvalue weighted by Gasteiger charge is 2.16. The second-order valence-electron chi connectivity index (χ2n) is 6.53. The minimum absolute atomic E-state index is 0.296. The van der Waals surface area contributed by atoms with Crippen molar-refractivity contribution in [2.24, 2.45) is 0 Å². The maximum Gasteiger partial charge on any atom is 0.341 e. The molecule has 3 aromatic carbocycles. The lowest BCUT2D eigenvalue weighted by atomic mass is 10.2. The molecule has 0 spiro atoms. The molecular weight excluding hydrogens is 396 g/mol. The Morgan fingerprint density at radius 1 is 0.935 bits per heavy atom. The number of hydrogen-bond acceptors (Lipinski definition) is 5. The Morgan fingerprint density at radius 2 is 1.61 bits per heavy atom. The van der Waals surface area contributed by atoms with Crippen molar-refractivity contribution in [3.63, 3.8) is 0 Å². The molecule has 0 aliphatic rings. The van der Waals surface area contributed by atoms with Crippen molar-refractivity contribution in [3.05, 3.63) is 78.4 Å². The Kier molecular flexibility index (Phi) is 7.11. The molecule has 0 bridgehead atoms. The molecule has 160 valence electrons. The first kappa shape index (κ1) is 21.7. The predicted molar refractivity (Wildman–Crippen MR) is 119 cm³/mol. The second-order valence-corrected chi connectivity index (χ2v) is 6.53. The number of esters is 1. The number of anilines is 2. The fraction of sp³-hybridized carbons (Fsp3) is 0.167. The molecule has 7 heteroatoms. The second kappa shape index (κ2) is 10.2. The standard InChI is InChI=1S/C24H24N2O5/c1-4-30-22-16-17(10-15-21(22)23(27)29-3)25-24(28)26(2)18-11-13-20(14-12-18)31-19-8-6-5-7-9-19/h5-16H,4H2,1-3H3,(H,25,28). The fourth-order valence-electron chi connectivity index (χ4n) is 2.84. The maximum absolute atomic E-state index is 12.7. The van der Waals surface area contributed by atoms with Crippen molar-refractivity contribution in [1.82, 2.24) is 0 Å². The van der Waals surface area contributed by atoms with Crippen LogP contribution in [0.4, 0.5) is 16.2 Å². The van der Waals surface area contributed by atoms with Crippen LogP contribution in [0, 0.1) is 0 Å². The molecule has 0 radical (unpaired) electrons. The third kappa shape index (κ3) is 5.54. The number of carbonyl (C=O) groups excluding carboxylic acids is 2. The van der Waals surface area contributed by atoms with Gasteiger partial charge in [0, 0.05) is 24.5 Å². The lowest BCUT2D eigenvalue weighted by Gasteiger charge is -2.19. The first-order valence-corrected chi connectivity index (χ1v) is 9.74. The predicted octanol–water partition coefficient (Wildman–Crippen LogP) is 5.33. The van der Waals surface area contributed by atoms with Gasteiger partial charge in [-0.05, 0) is 55.5 Å². The van der Waals surface area contributed by atoms with Gasteiger partial charge >= 0.3 is 12.0 Å². The molecule has 0 aromatic heterocycles. The first-order chi connectivity index (χ1) is 15.0. The van der Waals surface area contributed by atoms with Crippen molar-refractivity contribution < 1.29 is 23.8 Å². The third-order valence-corrected chi connectivity index (χ3v) is 4.45. The quantitative estimate of drug-likeness (QED) is 0.523. The van der Waals surface area contributed by atoms with Gasteiger partial charge in [-0.2, -0.15) is 0 Å².